The number of anilines is 2. The van der Waals surface area contributed by atoms with Gasteiger partial charge < -0.3 is 15.4 Å². The molecule has 0 fully saturated rings. The lowest BCUT2D eigenvalue weighted by Crippen LogP contribution is -2.25. The Hall–Kier alpha value is -3.93. The Kier molecular flexibility index (Phi) is 6.37. The van der Waals surface area contributed by atoms with Crippen LogP contribution < -0.4 is 15.4 Å². The van der Waals surface area contributed by atoms with Gasteiger partial charge in [0.15, 0.2) is 11.6 Å². The molecule has 3 aromatic carbocycles. The van der Waals surface area contributed by atoms with Gasteiger partial charge in [-0.3, -0.25) is 9.59 Å². The van der Waals surface area contributed by atoms with E-state index in [-0.39, 0.29) is 11.3 Å². The van der Waals surface area contributed by atoms with Crippen molar-refractivity contribution >= 4 is 29.3 Å². The van der Waals surface area contributed by atoms with Crippen LogP contribution in [0, 0.1) is 5.82 Å². The maximum atomic E-state index is 14.0. The van der Waals surface area contributed by atoms with E-state index in [1.807, 2.05) is 12.1 Å². The van der Waals surface area contributed by atoms with Gasteiger partial charge in [0, 0.05) is 11.4 Å². The fraction of sp³-hybridized carbons (Fsp3) is 0.0435. The number of hydrogen-bond acceptors (Lipinski definition) is 3. The average Bonchev–Trinajstić information content (AvgIpc) is 2.73. The van der Waals surface area contributed by atoms with Crippen LogP contribution in [0.15, 0.2) is 84.4 Å². The number of halogens is 1. The molecule has 29 heavy (non-hydrogen) atoms. The Morgan fingerprint density at radius 3 is 1.79 bits per heavy atom. The monoisotopic (exact) mass is 390 g/mol. The molecule has 2 N–H and O–H groups in total. The second-order valence-electron chi connectivity index (χ2n) is 6.09. The first-order valence-corrected chi connectivity index (χ1v) is 8.85. The lowest BCUT2D eigenvalue weighted by molar-refractivity contribution is -0.118. The van der Waals surface area contributed by atoms with Crippen LogP contribution >= 0.6 is 0 Å². The maximum absolute atomic E-state index is 14.0. The van der Waals surface area contributed by atoms with Gasteiger partial charge in [0.2, 0.25) is 0 Å². The predicted molar refractivity (Wildman–Crippen MR) is 111 cm³/mol. The normalized spacial score (nSPS) is 10.0. The van der Waals surface area contributed by atoms with Crippen LogP contribution in [0.25, 0.3) is 6.08 Å². The van der Waals surface area contributed by atoms with Crippen LogP contribution in [-0.2, 0) is 9.59 Å². The van der Waals surface area contributed by atoms with Crippen molar-refractivity contribution < 1.29 is 18.7 Å². The van der Waals surface area contributed by atoms with Crippen molar-refractivity contribution in [2.45, 2.75) is 0 Å². The summed E-state index contributed by atoms with van der Waals surface area (Å²) >= 11 is 0. The largest absolute Gasteiger partial charge is 0.494 e. The van der Waals surface area contributed by atoms with Gasteiger partial charge in [0.25, 0.3) is 11.8 Å². The number of ether oxygens (including phenoxy) is 1. The molecule has 0 bridgehead atoms. The van der Waals surface area contributed by atoms with E-state index < -0.39 is 17.6 Å². The molecule has 0 heterocycles. The summed E-state index contributed by atoms with van der Waals surface area (Å²) in [5.41, 5.74) is 1.26. The van der Waals surface area contributed by atoms with Crippen LogP contribution in [0.1, 0.15) is 5.56 Å². The van der Waals surface area contributed by atoms with E-state index in [0.29, 0.717) is 16.9 Å². The highest BCUT2D eigenvalue weighted by Gasteiger charge is 2.19. The summed E-state index contributed by atoms with van der Waals surface area (Å²) in [6.07, 6.45) is 1.33. The van der Waals surface area contributed by atoms with Gasteiger partial charge in [-0.05, 0) is 48.0 Å². The number of amides is 2. The Balaban J connectivity index is 1.92. The van der Waals surface area contributed by atoms with Gasteiger partial charge in [0.1, 0.15) is 5.57 Å². The number of para-hydroxylation sites is 2. The van der Waals surface area contributed by atoms with Crippen molar-refractivity contribution in [3.8, 4) is 5.75 Å². The molecule has 0 atom stereocenters. The van der Waals surface area contributed by atoms with Gasteiger partial charge in [-0.1, -0.05) is 42.5 Å². The summed E-state index contributed by atoms with van der Waals surface area (Å²) < 4.78 is 18.9. The number of hydrogen-bond donors (Lipinski definition) is 2. The molecule has 146 valence electrons. The molecule has 2 amide bonds. The summed E-state index contributed by atoms with van der Waals surface area (Å²) in [5.74, 6) is -1.74. The SMILES string of the molecule is COc1ccc(C=C(C(=O)Nc2ccccc2)C(=O)Nc2ccccc2)cc1F. The number of carbonyl (C=O) groups is 2. The fourth-order valence-electron chi connectivity index (χ4n) is 2.61. The first kappa shape index (κ1) is 19.8. The van der Waals surface area contributed by atoms with Crippen LogP contribution in [0.5, 0.6) is 5.75 Å². The fourth-order valence-corrected chi connectivity index (χ4v) is 2.61. The highest BCUT2D eigenvalue weighted by Crippen LogP contribution is 2.20. The van der Waals surface area contributed by atoms with Crippen LogP contribution in [0.3, 0.4) is 0 Å². The van der Waals surface area contributed by atoms with Crippen molar-refractivity contribution in [3.05, 3.63) is 95.8 Å². The third-order valence-electron chi connectivity index (χ3n) is 4.04. The molecule has 0 aromatic heterocycles. The topological polar surface area (TPSA) is 67.4 Å². The minimum absolute atomic E-state index is 0.0752. The first-order chi connectivity index (χ1) is 14.1. The van der Waals surface area contributed by atoms with Crippen molar-refractivity contribution in [1.29, 1.82) is 0 Å². The van der Waals surface area contributed by atoms with Gasteiger partial charge in [-0.2, -0.15) is 0 Å². The lowest BCUT2D eigenvalue weighted by atomic mass is 10.1. The van der Waals surface area contributed by atoms with Crippen molar-refractivity contribution in [2.75, 3.05) is 17.7 Å². The number of carbonyl (C=O) groups excluding carboxylic acids is 2. The van der Waals surface area contributed by atoms with E-state index in [4.69, 9.17) is 4.74 Å². The minimum Gasteiger partial charge on any atom is -0.494 e. The smallest absolute Gasteiger partial charge is 0.261 e. The molecule has 5 nitrogen and oxygen atoms in total. The number of methoxy groups -OCH3 is 1. The van der Waals surface area contributed by atoms with E-state index >= 15 is 0 Å². The van der Waals surface area contributed by atoms with Crippen LogP contribution in [0.2, 0.25) is 0 Å². The van der Waals surface area contributed by atoms with E-state index in [1.54, 1.807) is 54.6 Å². The first-order valence-electron chi connectivity index (χ1n) is 8.85. The van der Waals surface area contributed by atoms with E-state index in [1.165, 1.54) is 25.3 Å². The number of rotatable bonds is 6. The lowest BCUT2D eigenvalue weighted by Gasteiger charge is -2.11. The van der Waals surface area contributed by atoms with Gasteiger partial charge in [-0.25, -0.2) is 4.39 Å². The molecule has 0 unspecified atom stereocenters. The van der Waals surface area contributed by atoms with E-state index in [9.17, 15) is 14.0 Å². The van der Waals surface area contributed by atoms with Crippen LogP contribution in [0.4, 0.5) is 15.8 Å². The van der Waals surface area contributed by atoms with Crippen molar-refractivity contribution in [2.24, 2.45) is 0 Å². The molecule has 6 heteroatoms. The number of benzene rings is 3. The molecule has 0 saturated heterocycles. The predicted octanol–water partition coefficient (Wildman–Crippen LogP) is 4.50. The molecule has 0 saturated carbocycles. The summed E-state index contributed by atoms with van der Waals surface area (Å²) in [5, 5.41) is 5.36. The molecule has 0 aliphatic carbocycles. The zero-order valence-electron chi connectivity index (χ0n) is 15.7. The van der Waals surface area contributed by atoms with Gasteiger partial charge in [0.05, 0.1) is 7.11 Å². The zero-order valence-corrected chi connectivity index (χ0v) is 15.7. The quantitative estimate of drug-likeness (QED) is 0.370. The van der Waals surface area contributed by atoms with E-state index in [2.05, 4.69) is 10.6 Å². The molecule has 3 aromatic rings. The third kappa shape index (κ3) is 5.29. The molecular formula is C23H19FN2O3. The molecular weight excluding hydrogens is 371 g/mol. The van der Waals surface area contributed by atoms with Crippen LogP contribution in [-0.4, -0.2) is 18.9 Å². The summed E-state index contributed by atoms with van der Waals surface area (Å²) in [6.45, 7) is 0. The third-order valence-corrected chi connectivity index (χ3v) is 4.04. The summed E-state index contributed by atoms with van der Waals surface area (Å²) in [7, 11) is 1.36. The molecule has 0 aliphatic heterocycles. The summed E-state index contributed by atoms with van der Waals surface area (Å²) in [6, 6.07) is 21.7. The molecule has 0 aliphatic rings. The highest BCUT2D eigenvalue weighted by molar-refractivity contribution is 6.28. The minimum atomic E-state index is -0.610. The second kappa shape index (κ2) is 9.32. The Labute approximate surface area is 167 Å². The van der Waals surface area contributed by atoms with Crippen molar-refractivity contribution in [3.63, 3.8) is 0 Å². The van der Waals surface area contributed by atoms with Crippen molar-refractivity contribution in [1.82, 2.24) is 0 Å². The van der Waals surface area contributed by atoms with Gasteiger partial charge in [-0.15, -0.1) is 0 Å². The zero-order chi connectivity index (χ0) is 20.6. The van der Waals surface area contributed by atoms with E-state index in [0.717, 1.165) is 0 Å². The standard InChI is InChI=1S/C23H19FN2O3/c1-29-21-13-12-16(15-20(21)24)14-19(22(27)25-17-8-4-2-5-9-17)23(28)26-18-10-6-3-7-11-18/h2-15H,1H3,(H,25,27)(H,26,28). The molecule has 0 radical (unpaired) electrons. The highest BCUT2D eigenvalue weighted by atomic mass is 19.1. The second-order valence-corrected chi connectivity index (χ2v) is 6.09. The van der Waals surface area contributed by atoms with Gasteiger partial charge >= 0.3 is 0 Å². The molecule has 0 spiro atoms. The Morgan fingerprint density at radius 1 is 0.828 bits per heavy atom. The average molecular weight is 390 g/mol. The maximum Gasteiger partial charge on any atom is 0.261 e. The Morgan fingerprint density at radius 2 is 1.34 bits per heavy atom. The summed E-state index contributed by atoms with van der Waals surface area (Å²) in [4.78, 5) is 25.6. The number of nitrogens with one attached hydrogen (secondary N) is 2. The molecule has 3 rings (SSSR count). The Bertz CT molecular complexity index is 979.